The van der Waals surface area contributed by atoms with Crippen molar-refractivity contribution in [2.45, 2.75) is 13.0 Å². The summed E-state index contributed by atoms with van der Waals surface area (Å²) < 4.78 is 5.05. The maximum absolute atomic E-state index is 12.0. The van der Waals surface area contributed by atoms with E-state index in [4.69, 9.17) is 10.00 Å². The highest BCUT2D eigenvalue weighted by atomic mass is 16.5. The lowest BCUT2D eigenvalue weighted by molar-refractivity contribution is -0.141. The van der Waals surface area contributed by atoms with E-state index in [9.17, 15) is 4.79 Å². The molecule has 20 heavy (non-hydrogen) atoms. The highest BCUT2D eigenvalue weighted by Gasteiger charge is 2.26. The minimum absolute atomic E-state index is 0.00803. The number of hydrogen-bond donors (Lipinski definition) is 0. The van der Waals surface area contributed by atoms with E-state index in [1.807, 2.05) is 4.90 Å². The molecule has 0 aromatic carbocycles. The van der Waals surface area contributed by atoms with Crippen LogP contribution in [0.15, 0.2) is 18.3 Å². The number of hydrogen-bond acceptors (Lipinski definition) is 5. The molecule has 1 unspecified atom stereocenters. The van der Waals surface area contributed by atoms with Crippen molar-refractivity contribution < 1.29 is 9.53 Å². The molecule has 6 heteroatoms. The second-order valence-corrected chi connectivity index (χ2v) is 4.68. The average molecular weight is 274 g/mol. The third kappa shape index (κ3) is 2.89. The van der Waals surface area contributed by atoms with Gasteiger partial charge in [-0.3, -0.25) is 4.79 Å². The maximum Gasteiger partial charge on any atom is 0.251 e. The van der Waals surface area contributed by atoms with Crippen LogP contribution in [0.1, 0.15) is 12.5 Å². The van der Waals surface area contributed by atoms with Gasteiger partial charge in [-0.05, 0) is 19.1 Å². The molecule has 2 rings (SSSR count). The fourth-order valence-corrected chi connectivity index (χ4v) is 2.23. The molecule has 1 saturated heterocycles. The summed E-state index contributed by atoms with van der Waals surface area (Å²) in [6.45, 7) is 4.34. The van der Waals surface area contributed by atoms with E-state index in [0.717, 1.165) is 0 Å². The first kappa shape index (κ1) is 14.3. The van der Waals surface area contributed by atoms with Crippen LogP contribution in [-0.4, -0.2) is 55.2 Å². The van der Waals surface area contributed by atoms with E-state index in [-0.39, 0.29) is 5.91 Å². The highest BCUT2D eigenvalue weighted by Crippen LogP contribution is 2.18. The molecule has 1 fully saturated rings. The first-order valence-corrected chi connectivity index (χ1v) is 6.59. The molecule has 1 atom stereocenters. The van der Waals surface area contributed by atoms with Gasteiger partial charge in [0.2, 0.25) is 0 Å². The zero-order valence-corrected chi connectivity index (χ0v) is 11.7. The van der Waals surface area contributed by atoms with Crippen molar-refractivity contribution >= 4 is 11.7 Å². The van der Waals surface area contributed by atoms with Gasteiger partial charge in [-0.1, -0.05) is 0 Å². The lowest BCUT2D eigenvalue weighted by Gasteiger charge is -2.36. The number of pyridine rings is 1. The molecular formula is C14H18N4O2. The summed E-state index contributed by atoms with van der Waals surface area (Å²) >= 11 is 0. The summed E-state index contributed by atoms with van der Waals surface area (Å²) in [7, 11) is 1.53. The van der Waals surface area contributed by atoms with Crippen LogP contribution in [0.5, 0.6) is 0 Å². The summed E-state index contributed by atoms with van der Waals surface area (Å²) in [5.41, 5.74) is 0.567. The number of rotatable bonds is 3. The fraction of sp³-hybridized carbons (Fsp3) is 0.500. The van der Waals surface area contributed by atoms with E-state index < -0.39 is 6.10 Å². The number of anilines is 1. The van der Waals surface area contributed by atoms with Crippen molar-refractivity contribution in [2.75, 3.05) is 38.2 Å². The van der Waals surface area contributed by atoms with Crippen molar-refractivity contribution in [3.05, 3.63) is 23.9 Å². The van der Waals surface area contributed by atoms with Gasteiger partial charge >= 0.3 is 0 Å². The summed E-state index contributed by atoms with van der Waals surface area (Å²) in [5.74, 6) is 0.704. The number of nitrogens with zero attached hydrogens (tertiary/aromatic N) is 4. The van der Waals surface area contributed by atoms with Crippen LogP contribution in [0.2, 0.25) is 0 Å². The molecule has 1 aromatic heterocycles. The standard InChI is InChI=1S/C14H18N4O2/c1-11(20-2)14(19)18-8-6-17(7-9-18)13-12(10-15)4-3-5-16-13/h3-5,11H,6-9H2,1-2H3. The molecule has 2 heterocycles. The quantitative estimate of drug-likeness (QED) is 0.809. The van der Waals surface area contributed by atoms with Gasteiger partial charge in [-0.2, -0.15) is 5.26 Å². The van der Waals surface area contributed by atoms with Gasteiger partial charge < -0.3 is 14.5 Å². The first-order valence-electron chi connectivity index (χ1n) is 6.59. The minimum atomic E-state index is -0.411. The first-order chi connectivity index (χ1) is 9.67. The Kier molecular flexibility index (Phi) is 4.53. The SMILES string of the molecule is COC(C)C(=O)N1CCN(c2ncccc2C#N)CC1. The molecule has 0 spiro atoms. The Hall–Kier alpha value is -2.13. The fourth-order valence-electron chi connectivity index (χ4n) is 2.23. The zero-order valence-electron chi connectivity index (χ0n) is 11.7. The van der Waals surface area contributed by atoms with Crippen molar-refractivity contribution in [1.29, 1.82) is 5.26 Å². The summed E-state index contributed by atoms with van der Waals surface area (Å²) in [4.78, 5) is 20.1. The van der Waals surface area contributed by atoms with Crippen LogP contribution in [-0.2, 0) is 9.53 Å². The van der Waals surface area contributed by atoms with Crippen LogP contribution in [0.3, 0.4) is 0 Å². The van der Waals surface area contributed by atoms with Crippen molar-refractivity contribution in [1.82, 2.24) is 9.88 Å². The van der Waals surface area contributed by atoms with Crippen LogP contribution in [0, 0.1) is 11.3 Å². The van der Waals surface area contributed by atoms with Crippen LogP contribution in [0.25, 0.3) is 0 Å². The topological polar surface area (TPSA) is 69.5 Å². The van der Waals surface area contributed by atoms with Gasteiger partial charge in [0.15, 0.2) is 0 Å². The monoisotopic (exact) mass is 274 g/mol. The molecule has 1 aliphatic rings. The average Bonchev–Trinajstić information content (AvgIpc) is 2.53. The number of carbonyl (C=O) groups is 1. The molecule has 0 bridgehead atoms. The Morgan fingerprint density at radius 2 is 2.15 bits per heavy atom. The maximum atomic E-state index is 12.0. The van der Waals surface area contributed by atoms with Crippen molar-refractivity contribution in [3.8, 4) is 6.07 Å². The van der Waals surface area contributed by atoms with Crippen LogP contribution in [0.4, 0.5) is 5.82 Å². The van der Waals surface area contributed by atoms with Crippen molar-refractivity contribution in [3.63, 3.8) is 0 Å². The molecule has 1 aliphatic heterocycles. The highest BCUT2D eigenvalue weighted by molar-refractivity contribution is 5.80. The predicted molar refractivity (Wildman–Crippen MR) is 74.2 cm³/mol. The molecule has 1 amide bonds. The largest absolute Gasteiger partial charge is 0.372 e. The molecular weight excluding hydrogens is 256 g/mol. The molecule has 0 saturated carbocycles. The Balaban J connectivity index is 2.01. The second kappa shape index (κ2) is 6.35. The van der Waals surface area contributed by atoms with E-state index in [0.29, 0.717) is 37.6 Å². The number of ether oxygens (including phenoxy) is 1. The summed E-state index contributed by atoms with van der Waals surface area (Å²) in [6, 6.07) is 5.66. The summed E-state index contributed by atoms with van der Waals surface area (Å²) in [6.07, 6.45) is 1.27. The normalized spacial score (nSPS) is 16.6. The lowest BCUT2D eigenvalue weighted by atomic mass is 10.2. The number of methoxy groups -OCH3 is 1. The Morgan fingerprint density at radius 1 is 1.45 bits per heavy atom. The van der Waals surface area contributed by atoms with Gasteiger partial charge in [0, 0.05) is 39.5 Å². The minimum Gasteiger partial charge on any atom is -0.372 e. The number of nitriles is 1. The third-order valence-electron chi connectivity index (χ3n) is 3.50. The molecule has 1 aromatic rings. The Bertz CT molecular complexity index is 518. The van der Waals surface area contributed by atoms with E-state index >= 15 is 0 Å². The molecule has 0 aliphatic carbocycles. The number of carbonyl (C=O) groups excluding carboxylic acids is 1. The number of amides is 1. The molecule has 0 radical (unpaired) electrons. The number of aromatic nitrogens is 1. The van der Waals surface area contributed by atoms with Crippen LogP contribution >= 0.6 is 0 Å². The van der Waals surface area contributed by atoms with E-state index in [2.05, 4.69) is 11.1 Å². The third-order valence-corrected chi connectivity index (χ3v) is 3.50. The van der Waals surface area contributed by atoms with Gasteiger partial charge in [0.25, 0.3) is 5.91 Å². The number of piperazine rings is 1. The van der Waals surface area contributed by atoms with Gasteiger partial charge in [-0.15, -0.1) is 0 Å². The molecule has 106 valence electrons. The Morgan fingerprint density at radius 3 is 2.75 bits per heavy atom. The predicted octanol–water partition coefficient (Wildman–Crippen LogP) is 0.637. The molecule has 0 N–H and O–H groups in total. The Labute approximate surface area is 118 Å². The van der Waals surface area contributed by atoms with Gasteiger partial charge in [0.05, 0.1) is 5.56 Å². The summed E-state index contributed by atoms with van der Waals surface area (Å²) in [5, 5.41) is 9.10. The zero-order chi connectivity index (χ0) is 14.5. The van der Waals surface area contributed by atoms with E-state index in [1.165, 1.54) is 7.11 Å². The van der Waals surface area contributed by atoms with Crippen molar-refractivity contribution in [2.24, 2.45) is 0 Å². The smallest absolute Gasteiger partial charge is 0.251 e. The van der Waals surface area contributed by atoms with Gasteiger partial charge in [0.1, 0.15) is 18.0 Å². The van der Waals surface area contributed by atoms with Gasteiger partial charge in [-0.25, -0.2) is 4.98 Å². The molecule has 6 nitrogen and oxygen atoms in total. The van der Waals surface area contributed by atoms with E-state index in [1.54, 1.807) is 30.2 Å². The lowest BCUT2D eigenvalue weighted by Crippen LogP contribution is -2.51. The second-order valence-electron chi connectivity index (χ2n) is 4.68. The van der Waals surface area contributed by atoms with Crippen LogP contribution < -0.4 is 4.90 Å².